The summed E-state index contributed by atoms with van der Waals surface area (Å²) < 4.78 is 0. The number of nitrogens with two attached hydrogens (primary N) is 1. The normalized spacial score (nSPS) is 12.6. The van der Waals surface area contributed by atoms with Crippen LogP contribution in [-0.2, 0) is 0 Å². The van der Waals surface area contributed by atoms with Gasteiger partial charge in [-0.05, 0) is 19.3 Å². The van der Waals surface area contributed by atoms with Crippen molar-refractivity contribution in [1.29, 1.82) is 0 Å². The Morgan fingerprint density at radius 1 is 0.516 bits per heavy atom. The van der Waals surface area contributed by atoms with Crippen molar-refractivity contribution in [3.63, 3.8) is 0 Å². The molecule has 1 nitrogen and oxygen atoms in total. The average Bonchev–Trinajstić information content (AvgIpc) is 2.76. The highest BCUT2D eigenvalue weighted by molar-refractivity contribution is 5.85. The van der Waals surface area contributed by atoms with Crippen LogP contribution >= 0.6 is 12.4 Å². The van der Waals surface area contributed by atoms with Crippen LogP contribution in [0.1, 0.15) is 168 Å². The van der Waals surface area contributed by atoms with Gasteiger partial charge in [0.25, 0.3) is 0 Å². The van der Waals surface area contributed by atoms with Gasteiger partial charge in [-0.3, -0.25) is 0 Å². The quantitative estimate of drug-likeness (QED) is 0.127. The molecule has 1 unspecified atom stereocenters. The van der Waals surface area contributed by atoms with Crippen molar-refractivity contribution < 1.29 is 0 Å². The van der Waals surface area contributed by atoms with Crippen LogP contribution in [0.5, 0.6) is 0 Å². The largest absolute Gasteiger partial charge is 0.315 e. The second-order valence-corrected chi connectivity index (χ2v) is 9.68. The van der Waals surface area contributed by atoms with E-state index < -0.39 is 0 Å². The molecule has 0 aromatic carbocycles. The van der Waals surface area contributed by atoms with E-state index >= 15 is 0 Å². The predicted molar refractivity (Wildman–Crippen MR) is 145 cm³/mol. The Morgan fingerprint density at radius 2 is 0.871 bits per heavy atom. The highest BCUT2D eigenvalue weighted by Crippen LogP contribution is 2.18. The molecule has 186 valence electrons. The average molecular weight is 456 g/mol. The third-order valence-electron chi connectivity index (χ3n) is 6.60. The Labute approximate surface area is 203 Å². The van der Waals surface area contributed by atoms with E-state index in [-0.39, 0.29) is 17.9 Å². The van der Waals surface area contributed by atoms with Crippen LogP contribution in [0.4, 0.5) is 0 Å². The van der Waals surface area contributed by atoms with Gasteiger partial charge in [-0.2, -0.15) is 0 Å². The standard InChI is InChI=1S/C29H57N.ClH/c1-4-7-9-11-13-15-17-18-20-22-24-26-28-29(30,6-3)27-25-23-21-19-16-14-12-10-8-5-2;/h4-25,27,30H2,1-3H3;1H. The molecule has 0 aliphatic carbocycles. The minimum atomic E-state index is -0.237. The Morgan fingerprint density at radius 3 is 1.26 bits per heavy atom. The molecule has 2 heteroatoms. The van der Waals surface area contributed by atoms with Crippen LogP contribution in [-0.4, -0.2) is 5.54 Å². The molecule has 0 fully saturated rings. The van der Waals surface area contributed by atoms with Crippen LogP contribution in [0.25, 0.3) is 0 Å². The van der Waals surface area contributed by atoms with Gasteiger partial charge in [-0.1, -0.05) is 149 Å². The van der Waals surface area contributed by atoms with Gasteiger partial charge >= 0.3 is 0 Å². The van der Waals surface area contributed by atoms with Crippen LogP contribution in [0.2, 0.25) is 0 Å². The molecule has 0 aliphatic heterocycles. The van der Waals surface area contributed by atoms with E-state index in [2.05, 4.69) is 32.6 Å². The molecule has 0 aromatic heterocycles. The van der Waals surface area contributed by atoms with Crippen molar-refractivity contribution in [1.82, 2.24) is 0 Å². The van der Waals surface area contributed by atoms with Gasteiger partial charge in [0.2, 0.25) is 0 Å². The van der Waals surface area contributed by atoms with Crippen molar-refractivity contribution in [2.45, 2.75) is 174 Å². The molecule has 0 heterocycles. The van der Waals surface area contributed by atoms with Crippen molar-refractivity contribution in [3.8, 4) is 11.8 Å². The van der Waals surface area contributed by atoms with Gasteiger partial charge in [0.05, 0.1) is 5.54 Å². The Balaban J connectivity index is 0. The van der Waals surface area contributed by atoms with Crippen molar-refractivity contribution in [2.75, 3.05) is 0 Å². The Bertz CT molecular complexity index is 397. The molecule has 1 atom stereocenters. The molecular weight excluding hydrogens is 398 g/mol. The minimum absolute atomic E-state index is 0. The monoisotopic (exact) mass is 455 g/mol. The zero-order valence-corrected chi connectivity index (χ0v) is 22.6. The zero-order valence-electron chi connectivity index (χ0n) is 21.7. The fourth-order valence-electron chi connectivity index (χ4n) is 4.19. The van der Waals surface area contributed by atoms with Crippen LogP contribution in [0.3, 0.4) is 0 Å². The van der Waals surface area contributed by atoms with Gasteiger partial charge in [0.15, 0.2) is 0 Å². The van der Waals surface area contributed by atoms with Crippen LogP contribution < -0.4 is 5.73 Å². The first-order valence-corrected chi connectivity index (χ1v) is 14.0. The molecule has 0 saturated heterocycles. The summed E-state index contributed by atoms with van der Waals surface area (Å²) in [6, 6.07) is 0. The lowest BCUT2D eigenvalue weighted by Crippen LogP contribution is -2.37. The summed E-state index contributed by atoms with van der Waals surface area (Å²) in [5.74, 6) is 6.85. The molecular formula is C29H58ClN. The molecule has 0 amide bonds. The minimum Gasteiger partial charge on any atom is -0.315 e. The van der Waals surface area contributed by atoms with E-state index in [0.717, 1.165) is 19.3 Å². The summed E-state index contributed by atoms with van der Waals surface area (Å²) in [6.07, 6.45) is 30.8. The Hall–Kier alpha value is -0.190. The van der Waals surface area contributed by atoms with E-state index in [9.17, 15) is 0 Å². The summed E-state index contributed by atoms with van der Waals surface area (Å²) in [7, 11) is 0. The number of unbranched alkanes of at least 4 members (excludes halogenated alkanes) is 19. The van der Waals surface area contributed by atoms with E-state index in [0.29, 0.717) is 0 Å². The topological polar surface area (TPSA) is 26.0 Å². The first-order chi connectivity index (χ1) is 14.7. The number of halogens is 1. The maximum absolute atomic E-state index is 6.56. The molecule has 0 bridgehead atoms. The van der Waals surface area contributed by atoms with Gasteiger partial charge in [0.1, 0.15) is 0 Å². The van der Waals surface area contributed by atoms with Gasteiger partial charge in [0, 0.05) is 6.42 Å². The number of rotatable bonds is 22. The van der Waals surface area contributed by atoms with Gasteiger partial charge < -0.3 is 5.73 Å². The highest BCUT2D eigenvalue weighted by Gasteiger charge is 2.18. The second-order valence-electron chi connectivity index (χ2n) is 9.68. The molecule has 0 radical (unpaired) electrons. The van der Waals surface area contributed by atoms with Gasteiger partial charge in [-0.15, -0.1) is 18.3 Å². The van der Waals surface area contributed by atoms with E-state index in [1.165, 1.54) is 128 Å². The first kappa shape index (κ1) is 33.0. The van der Waals surface area contributed by atoms with Crippen LogP contribution in [0.15, 0.2) is 0 Å². The van der Waals surface area contributed by atoms with Crippen molar-refractivity contribution >= 4 is 12.4 Å². The molecule has 0 aliphatic rings. The maximum Gasteiger partial charge on any atom is 0.0773 e. The molecule has 31 heavy (non-hydrogen) atoms. The molecule has 0 saturated carbocycles. The summed E-state index contributed by atoms with van der Waals surface area (Å²) in [5.41, 5.74) is 6.33. The SMILES string of the molecule is CCCCCCCCCCCCC#CC(N)(CC)CCCCCCCCCCCC.Cl. The fraction of sp³-hybridized carbons (Fsp3) is 0.931. The second kappa shape index (κ2) is 26.1. The predicted octanol–water partition coefficient (Wildman–Crippen LogP) is 10.1. The fourth-order valence-corrected chi connectivity index (χ4v) is 4.19. The highest BCUT2D eigenvalue weighted by atomic mass is 35.5. The summed E-state index contributed by atoms with van der Waals surface area (Å²) in [4.78, 5) is 0. The van der Waals surface area contributed by atoms with E-state index in [1.807, 2.05) is 0 Å². The molecule has 0 spiro atoms. The Kier molecular flexibility index (Phi) is 27.7. The van der Waals surface area contributed by atoms with Crippen LogP contribution in [0, 0.1) is 11.8 Å². The lowest BCUT2D eigenvalue weighted by Gasteiger charge is -2.21. The van der Waals surface area contributed by atoms with Crippen molar-refractivity contribution in [2.24, 2.45) is 5.73 Å². The molecule has 0 aromatic rings. The van der Waals surface area contributed by atoms with Gasteiger partial charge in [-0.25, -0.2) is 0 Å². The summed E-state index contributed by atoms with van der Waals surface area (Å²) >= 11 is 0. The zero-order chi connectivity index (χ0) is 22.2. The molecule has 0 rings (SSSR count). The lowest BCUT2D eigenvalue weighted by atomic mass is 9.90. The number of hydrogen-bond donors (Lipinski definition) is 1. The summed E-state index contributed by atoms with van der Waals surface area (Å²) in [6.45, 7) is 6.78. The lowest BCUT2D eigenvalue weighted by molar-refractivity contribution is 0.450. The number of hydrogen-bond acceptors (Lipinski definition) is 1. The third-order valence-corrected chi connectivity index (χ3v) is 6.60. The first-order valence-electron chi connectivity index (χ1n) is 14.0. The third kappa shape index (κ3) is 24.3. The molecule has 2 N–H and O–H groups in total. The maximum atomic E-state index is 6.56. The van der Waals surface area contributed by atoms with E-state index in [1.54, 1.807) is 0 Å². The smallest absolute Gasteiger partial charge is 0.0773 e. The summed E-state index contributed by atoms with van der Waals surface area (Å²) in [5, 5.41) is 0. The van der Waals surface area contributed by atoms with E-state index in [4.69, 9.17) is 5.73 Å². The van der Waals surface area contributed by atoms with Crippen molar-refractivity contribution in [3.05, 3.63) is 0 Å².